The topological polar surface area (TPSA) is 76.1 Å². The van der Waals surface area contributed by atoms with Crippen molar-refractivity contribution in [2.24, 2.45) is 5.41 Å². The van der Waals surface area contributed by atoms with Crippen LogP contribution in [0.5, 0.6) is 5.75 Å². The van der Waals surface area contributed by atoms with Gasteiger partial charge < -0.3 is 19.5 Å². The van der Waals surface area contributed by atoms with Crippen LogP contribution in [0.1, 0.15) is 44.1 Å². The van der Waals surface area contributed by atoms with Gasteiger partial charge in [-0.1, -0.05) is 12.1 Å². The van der Waals surface area contributed by atoms with Gasteiger partial charge in [-0.2, -0.15) is 0 Å². The molecule has 0 aromatic heterocycles. The number of amides is 1. The maximum atomic E-state index is 12.6. The van der Waals surface area contributed by atoms with E-state index in [1.165, 1.54) is 20.0 Å². The van der Waals surface area contributed by atoms with E-state index in [0.29, 0.717) is 31.9 Å². The van der Waals surface area contributed by atoms with E-state index in [1.807, 2.05) is 24.3 Å². The molecule has 6 nitrogen and oxygen atoms in total. The van der Waals surface area contributed by atoms with Gasteiger partial charge in [0, 0.05) is 26.6 Å². The van der Waals surface area contributed by atoms with Crippen LogP contribution in [0.4, 0.5) is 0 Å². The van der Waals surface area contributed by atoms with Gasteiger partial charge in [0.15, 0.2) is 0 Å². The Bertz CT molecular complexity index is 670. The molecule has 2 fully saturated rings. The molecule has 1 saturated carbocycles. The van der Waals surface area contributed by atoms with Gasteiger partial charge in [-0.05, 0) is 56.2 Å². The van der Waals surface area contributed by atoms with E-state index in [4.69, 9.17) is 9.47 Å². The van der Waals surface area contributed by atoms with Crippen molar-refractivity contribution < 1.29 is 24.2 Å². The molecule has 1 aliphatic carbocycles. The molecule has 0 radical (unpaired) electrons. The lowest BCUT2D eigenvalue weighted by molar-refractivity contribution is -0.151. The molecule has 0 bridgehead atoms. The van der Waals surface area contributed by atoms with Crippen LogP contribution < -0.4 is 4.74 Å². The van der Waals surface area contributed by atoms with Crippen molar-refractivity contribution in [3.63, 3.8) is 0 Å². The molecule has 1 aromatic rings. The van der Waals surface area contributed by atoms with Crippen LogP contribution in [0, 0.1) is 5.41 Å². The highest BCUT2D eigenvalue weighted by molar-refractivity contribution is 5.81. The SMILES string of the molecule is COCC1(C(=O)O)CCN(C(=O)CCc2cccc(OC3CCCC3)c2)C1. The maximum absolute atomic E-state index is 12.6. The molecule has 1 aromatic carbocycles. The fourth-order valence-electron chi connectivity index (χ4n) is 4.10. The van der Waals surface area contributed by atoms with Crippen LogP contribution in [0.2, 0.25) is 0 Å². The molecule has 1 heterocycles. The first-order valence-electron chi connectivity index (χ1n) is 9.78. The van der Waals surface area contributed by atoms with Gasteiger partial charge >= 0.3 is 5.97 Å². The Kier molecular flexibility index (Phi) is 6.37. The fourth-order valence-corrected chi connectivity index (χ4v) is 4.10. The number of carboxylic acid groups (broad SMARTS) is 1. The van der Waals surface area contributed by atoms with Crippen molar-refractivity contribution in [1.82, 2.24) is 4.90 Å². The average Bonchev–Trinajstić information content (AvgIpc) is 3.31. The molecule has 6 heteroatoms. The molecule has 1 aliphatic heterocycles. The minimum atomic E-state index is -0.973. The molecule has 2 aliphatic rings. The van der Waals surface area contributed by atoms with Crippen LogP contribution in [-0.4, -0.2) is 54.8 Å². The molecule has 1 unspecified atom stereocenters. The third-order valence-corrected chi connectivity index (χ3v) is 5.71. The van der Waals surface area contributed by atoms with Gasteiger partial charge in [-0.15, -0.1) is 0 Å². The first-order chi connectivity index (χ1) is 13.0. The number of carbonyl (C=O) groups is 2. The standard InChI is InChI=1S/C21H29NO5/c1-26-15-21(20(24)25)11-12-22(14-21)19(23)10-9-16-5-4-8-18(13-16)27-17-6-2-3-7-17/h4-5,8,13,17H,2-3,6-7,9-12,14-15H2,1H3,(H,24,25). The Morgan fingerprint density at radius 2 is 2.07 bits per heavy atom. The van der Waals surface area contributed by atoms with Gasteiger partial charge in [0.25, 0.3) is 0 Å². The summed E-state index contributed by atoms with van der Waals surface area (Å²) >= 11 is 0. The largest absolute Gasteiger partial charge is 0.490 e. The van der Waals surface area contributed by atoms with Gasteiger partial charge in [-0.3, -0.25) is 9.59 Å². The molecule has 1 atom stereocenters. The van der Waals surface area contributed by atoms with Crippen molar-refractivity contribution in [3.8, 4) is 5.75 Å². The van der Waals surface area contributed by atoms with Crippen LogP contribution in [0.15, 0.2) is 24.3 Å². The lowest BCUT2D eigenvalue weighted by Gasteiger charge is -2.23. The van der Waals surface area contributed by atoms with E-state index in [2.05, 4.69) is 0 Å². The van der Waals surface area contributed by atoms with Crippen LogP contribution in [-0.2, 0) is 20.7 Å². The Hall–Kier alpha value is -2.08. The van der Waals surface area contributed by atoms with E-state index in [-0.39, 0.29) is 19.1 Å². The number of rotatable bonds is 8. The summed E-state index contributed by atoms with van der Waals surface area (Å²) in [5.74, 6) is -0.0224. The van der Waals surface area contributed by atoms with Crippen LogP contribution in [0.3, 0.4) is 0 Å². The van der Waals surface area contributed by atoms with Gasteiger partial charge in [0.1, 0.15) is 11.2 Å². The number of methoxy groups -OCH3 is 1. The lowest BCUT2D eigenvalue weighted by Crippen LogP contribution is -2.40. The monoisotopic (exact) mass is 375 g/mol. The number of nitrogens with zero attached hydrogens (tertiary/aromatic N) is 1. The predicted octanol–water partition coefficient (Wildman–Crippen LogP) is 2.89. The normalized spacial score (nSPS) is 22.9. The zero-order valence-corrected chi connectivity index (χ0v) is 16.0. The molecule has 1 saturated heterocycles. The Balaban J connectivity index is 1.52. The molecule has 1 amide bonds. The van der Waals surface area contributed by atoms with Crippen LogP contribution in [0.25, 0.3) is 0 Å². The zero-order valence-electron chi connectivity index (χ0n) is 16.0. The molecule has 3 rings (SSSR count). The minimum absolute atomic E-state index is 0.00339. The summed E-state index contributed by atoms with van der Waals surface area (Å²) in [6.07, 6.45) is 6.44. The molecule has 1 N–H and O–H groups in total. The summed E-state index contributed by atoms with van der Waals surface area (Å²) in [7, 11) is 1.50. The van der Waals surface area contributed by atoms with Gasteiger partial charge in [0.2, 0.25) is 5.91 Å². The molecule has 148 valence electrons. The number of hydrogen-bond acceptors (Lipinski definition) is 4. The van der Waals surface area contributed by atoms with Crippen molar-refractivity contribution >= 4 is 11.9 Å². The number of carbonyl (C=O) groups excluding carboxylic acids is 1. The smallest absolute Gasteiger partial charge is 0.313 e. The first kappa shape index (κ1) is 19.7. The summed E-state index contributed by atoms with van der Waals surface area (Å²) < 4.78 is 11.1. The Morgan fingerprint density at radius 1 is 1.30 bits per heavy atom. The number of likely N-dealkylation sites (tertiary alicyclic amines) is 1. The second kappa shape index (κ2) is 8.74. The average molecular weight is 375 g/mol. The van der Waals surface area contributed by atoms with Crippen molar-refractivity contribution in [1.29, 1.82) is 0 Å². The highest BCUT2D eigenvalue weighted by atomic mass is 16.5. The van der Waals surface area contributed by atoms with E-state index in [0.717, 1.165) is 24.2 Å². The third-order valence-electron chi connectivity index (χ3n) is 5.71. The highest BCUT2D eigenvalue weighted by Crippen LogP contribution is 2.32. The molecule has 27 heavy (non-hydrogen) atoms. The first-order valence-corrected chi connectivity index (χ1v) is 9.78. The number of hydrogen-bond donors (Lipinski definition) is 1. The van der Waals surface area contributed by atoms with E-state index < -0.39 is 11.4 Å². The summed E-state index contributed by atoms with van der Waals surface area (Å²) in [4.78, 5) is 25.8. The summed E-state index contributed by atoms with van der Waals surface area (Å²) in [6, 6.07) is 7.96. The number of aliphatic carboxylic acids is 1. The van der Waals surface area contributed by atoms with Crippen LogP contribution >= 0.6 is 0 Å². The summed E-state index contributed by atoms with van der Waals surface area (Å²) in [6.45, 7) is 0.825. The fraction of sp³-hybridized carbons (Fsp3) is 0.619. The lowest BCUT2D eigenvalue weighted by atomic mass is 9.88. The van der Waals surface area contributed by atoms with Gasteiger partial charge in [0.05, 0.1) is 12.7 Å². The van der Waals surface area contributed by atoms with Crippen molar-refractivity contribution in [2.45, 2.75) is 51.0 Å². The number of carboxylic acids is 1. The van der Waals surface area contributed by atoms with Crippen molar-refractivity contribution in [3.05, 3.63) is 29.8 Å². The van der Waals surface area contributed by atoms with E-state index in [9.17, 15) is 14.7 Å². The maximum Gasteiger partial charge on any atom is 0.313 e. The molecule has 0 spiro atoms. The third kappa shape index (κ3) is 4.80. The second-order valence-electron chi connectivity index (χ2n) is 7.76. The summed E-state index contributed by atoms with van der Waals surface area (Å²) in [5, 5.41) is 9.52. The van der Waals surface area contributed by atoms with Gasteiger partial charge in [-0.25, -0.2) is 0 Å². The number of aryl methyl sites for hydroxylation is 1. The minimum Gasteiger partial charge on any atom is -0.490 e. The molecular weight excluding hydrogens is 346 g/mol. The second-order valence-corrected chi connectivity index (χ2v) is 7.76. The summed E-state index contributed by atoms with van der Waals surface area (Å²) in [5.41, 5.74) is 0.0962. The quantitative estimate of drug-likeness (QED) is 0.756. The number of ether oxygens (including phenoxy) is 2. The van der Waals surface area contributed by atoms with Crippen molar-refractivity contribution in [2.75, 3.05) is 26.8 Å². The highest BCUT2D eigenvalue weighted by Gasteiger charge is 2.46. The Morgan fingerprint density at radius 3 is 2.78 bits per heavy atom. The zero-order chi connectivity index (χ0) is 19.3. The predicted molar refractivity (Wildman–Crippen MR) is 101 cm³/mol. The number of benzene rings is 1. The van der Waals surface area contributed by atoms with E-state index in [1.54, 1.807) is 4.90 Å². The molecular formula is C21H29NO5. The van der Waals surface area contributed by atoms with E-state index >= 15 is 0 Å². The Labute approximate surface area is 160 Å².